The second-order valence-electron chi connectivity index (χ2n) is 7.06. The van der Waals surface area contributed by atoms with E-state index in [0.29, 0.717) is 5.75 Å². The fourth-order valence-electron chi connectivity index (χ4n) is 3.30. The molecule has 1 saturated carbocycles. The van der Waals surface area contributed by atoms with Crippen LogP contribution in [0.1, 0.15) is 44.2 Å². The fraction of sp³-hybridized carbons (Fsp3) is 0.381. The van der Waals surface area contributed by atoms with Crippen LogP contribution in [0.3, 0.4) is 0 Å². The van der Waals surface area contributed by atoms with Gasteiger partial charge in [-0.25, -0.2) is 13.1 Å². The van der Waals surface area contributed by atoms with Crippen LogP contribution in [0.25, 0.3) is 0 Å². The van der Waals surface area contributed by atoms with E-state index in [1.165, 1.54) is 12.1 Å². The van der Waals surface area contributed by atoms with Gasteiger partial charge in [0.05, 0.1) is 10.9 Å². The summed E-state index contributed by atoms with van der Waals surface area (Å²) in [6.45, 7) is 1.77. The lowest BCUT2D eigenvalue weighted by atomic mass is 10.1. The Morgan fingerprint density at radius 3 is 2.36 bits per heavy atom. The van der Waals surface area contributed by atoms with Crippen LogP contribution in [-0.4, -0.2) is 27.0 Å². The van der Waals surface area contributed by atoms with Crippen molar-refractivity contribution < 1.29 is 17.9 Å². The second kappa shape index (κ2) is 9.21. The molecule has 3 rings (SSSR count). The molecule has 150 valence electrons. The first-order valence-corrected chi connectivity index (χ1v) is 11.0. The summed E-state index contributed by atoms with van der Waals surface area (Å²) in [5.74, 6) is 0.207. The van der Waals surface area contributed by atoms with Crippen molar-refractivity contribution in [2.75, 3.05) is 6.61 Å². The average Bonchev–Trinajstić information content (AvgIpc) is 3.19. The van der Waals surface area contributed by atoms with Crippen molar-refractivity contribution in [3.63, 3.8) is 0 Å². The van der Waals surface area contributed by atoms with Gasteiger partial charge in [-0.2, -0.15) is 0 Å². The Hall–Kier alpha value is -2.38. The van der Waals surface area contributed by atoms with E-state index in [2.05, 4.69) is 10.0 Å². The van der Waals surface area contributed by atoms with E-state index in [9.17, 15) is 13.2 Å². The summed E-state index contributed by atoms with van der Waals surface area (Å²) < 4.78 is 33.0. The summed E-state index contributed by atoms with van der Waals surface area (Å²) in [4.78, 5) is 12.3. The molecule has 2 aromatic carbocycles. The number of ether oxygens (including phenoxy) is 1. The van der Waals surface area contributed by atoms with Gasteiger partial charge in [0, 0.05) is 6.04 Å². The Labute approximate surface area is 166 Å². The van der Waals surface area contributed by atoms with Gasteiger partial charge in [-0.3, -0.25) is 4.79 Å². The predicted octanol–water partition coefficient (Wildman–Crippen LogP) is 3.16. The molecule has 2 N–H and O–H groups in total. The molecule has 7 heteroatoms. The molecule has 28 heavy (non-hydrogen) atoms. The molecule has 1 atom stereocenters. The first-order chi connectivity index (χ1) is 13.4. The topological polar surface area (TPSA) is 84.5 Å². The van der Waals surface area contributed by atoms with Gasteiger partial charge < -0.3 is 10.1 Å². The van der Waals surface area contributed by atoms with Gasteiger partial charge >= 0.3 is 0 Å². The van der Waals surface area contributed by atoms with Crippen LogP contribution >= 0.6 is 0 Å². The van der Waals surface area contributed by atoms with E-state index >= 15 is 0 Å². The van der Waals surface area contributed by atoms with Crippen LogP contribution in [-0.2, 0) is 14.8 Å². The molecular weight excluding hydrogens is 376 g/mol. The van der Waals surface area contributed by atoms with E-state index in [1.54, 1.807) is 12.1 Å². The molecule has 0 aliphatic heterocycles. The molecular formula is C21H26N2O4S. The average molecular weight is 403 g/mol. The van der Waals surface area contributed by atoms with Crippen molar-refractivity contribution in [1.82, 2.24) is 10.0 Å². The normalized spacial score (nSPS) is 15.9. The zero-order valence-corrected chi connectivity index (χ0v) is 16.7. The number of sulfonamides is 1. The van der Waals surface area contributed by atoms with E-state index in [4.69, 9.17) is 4.74 Å². The summed E-state index contributed by atoms with van der Waals surface area (Å²) in [6, 6.07) is 15.7. The van der Waals surface area contributed by atoms with Gasteiger partial charge in [-0.05, 0) is 49.6 Å². The van der Waals surface area contributed by atoms with Gasteiger partial charge in [-0.1, -0.05) is 43.2 Å². The molecule has 0 unspecified atom stereocenters. The summed E-state index contributed by atoms with van der Waals surface area (Å²) >= 11 is 0. The molecule has 1 aliphatic rings. The highest BCUT2D eigenvalue weighted by molar-refractivity contribution is 7.89. The van der Waals surface area contributed by atoms with Crippen LogP contribution in [0.15, 0.2) is 59.5 Å². The number of hydrogen-bond donors (Lipinski definition) is 2. The summed E-state index contributed by atoms with van der Waals surface area (Å²) in [7, 11) is -3.52. The lowest BCUT2D eigenvalue weighted by Gasteiger charge is -2.15. The molecule has 0 radical (unpaired) electrons. The van der Waals surface area contributed by atoms with Crippen molar-refractivity contribution in [1.29, 1.82) is 0 Å². The number of rotatable bonds is 8. The van der Waals surface area contributed by atoms with Crippen molar-refractivity contribution in [3.05, 3.63) is 60.2 Å². The predicted molar refractivity (Wildman–Crippen MR) is 108 cm³/mol. The summed E-state index contributed by atoms with van der Waals surface area (Å²) in [6.07, 6.45) is 3.89. The van der Waals surface area contributed by atoms with Gasteiger partial charge in [0.25, 0.3) is 5.91 Å². The highest BCUT2D eigenvalue weighted by atomic mass is 32.2. The Morgan fingerprint density at radius 2 is 1.71 bits per heavy atom. The maximum Gasteiger partial charge on any atom is 0.258 e. The quantitative estimate of drug-likeness (QED) is 0.710. The maximum absolute atomic E-state index is 12.4. The zero-order chi connectivity index (χ0) is 20.0. The first-order valence-electron chi connectivity index (χ1n) is 9.53. The number of benzene rings is 2. The third-order valence-electron chi connectivity index (χ3n) is 4.86. The Bertz CT molecular complexity index is 876. The Kier molecular flexibility index (Phi) is 6.70. The van der Waals surface area contributed by atoms with Gasteiger partial charge in [0.1, 0.15) is 5.75 Å². The third-order valence-corrected chi connectivity index (χ3v) is 6.39. The third kappa shape index (κ3) is 5.56. The molecule has 0 bridgehead atoms. The highest BCUT2D eigenvalue weighted by Gasteiger charge is 2.22. The maximum atomic E-state index is 12.4. The standard InChI is InChI=1S/C21H26N2O4S/c1-16(17-7-3-2-4-8-17)22-21(24)15-27-19-11-13-20(14-12-19)28(25,26)23-18-9-5-6-10-18/h2-4,7-8,11-14,16,18,23H,5-6,9-10,15H2,1H3,(H,22,24)/t16-/m0/s1. The molecule has 1 fully saturated rings. The van der Waals surface area contributed by atoms with Crippen molar-refractivity contribution in [2.45, 2.75) is 49.6 Å². The number of carbonyl (C=O) groups is 1. The largest absolute Gasteiger partial charge is 0.484 e. The second-order valence-corrected chi connectivity index (χ2v) is 8.78. The summed E-state index contributed by atoms with van der Waals surface area (Å²) in [5, 5.41) is 2.87. The van der Waals surface area contributed by atoms with Gasteiger partial charge in [0.15, 0.2) is 6.61 Å². The molecule has 1 amide bonds. The van der Waals surface area contributed by atoms with Crippen molar-refractivity contribution in [3.8, 4) is 5.75 Å². The van der Waals surface area contributed by atoms with Crippen LogP contribution in [0.5, 0.6) is 5.75 Å². The highest BCUT2D eigenvalue weighted by Crippen LogP contribution is 2.21. The molecule has 0 aromatic heterocycles. The molecule has 2 aromatic rings. The van der Waals surface area contributed by atoms with E-state index in [0.717, 1.165) is 31.2 Å². The number of amides is 1. The van der Waals surface area contributed by atoms with Crippen molar-refractivity contribution in [2.24, 2.45) is 0 Å². The van der Waals surface area contributed by atoms with Crippen LogP contribution in [0.2, 0.25) is 0 Å². The minimum atomic E-state index is -3.52. The van der Waals surface area contributed by atoms with E-state index < -0.39 is 10.0 Å². The fourth-order valence-corrected chi connectivity index (χ4v) is 4.61. The smallest absolute Gasteiger partial charge is 0.258 e. The van der Waals surface area contributed by atoms with E-state index in [-0.39, 0.29) is 29.5 Å². The van der Waals surface area contributed by atoms with Gasteiger partial charge in [0.2, 0.25) is 10.0 Å². The zero-order valence-electron chi connectivity index (χ0n) is 15.9. The lowest BCUT2D eigenvalue weighted by molar-refractivity contribution is -0.123. The number of hydrogen-bond acceptors (Lipinski definition) is 4. The molecule has 0 spiro atoms. The lowest BCUT2D eigenvalue weighted by Crippen LogP contribution is -2.32. The molecule has 0 saturated heterocycles. The monoisotopic (exact) mass is 402 g/mol. The molecule has 0 heterocycles. The number of nitrogens with one attached hydrogen (secondary N) is 2. The Morgan fingerprint density at radius 1 is 1.07 bits per heavy atom. The van der Waals surface area contributed by atoms with Crippen LogP contribution in [0, 0.1) is 0 Å². The first kappa shape index (κ1) is 20.4. The van der Waals surface area contributed by atoms with Crippen molar-refractivity contribution >= 4 is 15.9 Å². The van der Waals surface area contributed by atoms with Crippen LogP contribution in [0.4, 0.5) is 0 Å². The van der Waals surface area contributed by atoms with E-state index in [1.807, 2.05) is 37.3 Å². The Balaban J connectivity index is 1.50. The molecule has 6 nitrogen and oxygen atoms in total. The summed E-state index contributed by atoms with van der Waals surface area (Å²) in [5.41, 5.74) is 1.01. The SMILES string of the molecule is C[C@H](NC(=O)COc1ccc(S(=O)(=O)NC2CCCC2)cc1)c1ccccc1. The van der Waals surface area contributed by atoms with Gasteiger partial charge in [-0.15, -0.1) is 0 Å². The van der Waals surface area contributed by atoms with Crippen LogP contribution < -0.4 is 14.8 Å². The molecule has 1 aliphatic carbocycles. The minimum Gasteiger partial charge on any atom is -0.484 e. The number of carbonyl (C=O) groups excluding carboxylic acids is 1. The minimum absolute atomic E-state index is 0.0243.